The van der Waals surface area contributed by atoms with Crippen LogP contribution in [0.3, 0.4) is 0 Å². The number of methoxy groups -OCH3 is 2. The van der Waals surface area contributed by atoms with E-state index in [1.165, 1.54) is 7.11 Å². The summed E-state index contributed by atoms with van der Waals surface area (Å²) in [6, 6.07) is 6.96. The molecular formula is C13H18O4. The Balaban J connectivity index is 2.99. The molecule has 0 heterocycles. The standard InChI is InChI=1S/C13H18O4/c1-9(12(14)17-4)13(2,15)10-5-7-11(16-3)8-6-10/h5-9,15H,1-4H3/t9-,13-/m0/s1. The number of carbonyl (C=O) groups excluding carboxylic acids is 1. The summed E-state index contributed by atoms with van der Waals surface area (Å²) in [4.78, 5) is 11.4. The molecule has 17 heavy (non-hydrogen) atoms. The summed E-state index contributed by atoms with van der Waals surface area (Å²) in [5, 5.41) is 10.4. The number of benzene rings is 1. The minimum Gasteiger partial charge on any atom is -0.497 e. The lowest BCUT2D eigenvalue weighted by Crippen LogP contribution is -2.35. The highest BCUT2D eigenvalue weighted by molar-refractivity contribution is 5.73. The van der Waals surface area contributed by atoms with E-state index in [0.717, 1.165) is 0 Å². The molecule has 0 saturated heterocycles. The first kappa shape index (κ1) is 13.5. The molecule has 0 aliphatic rings. The van der Waals surface area contributed by atoms with Gasteiger partial charge < -0.3 is 14.6 Å². The van der Waals surface area contributed by atoms with Gasteiger partial charge in [-0.15, -0.1) is 0 Å². The molecule has 4 heteroatoms. The lowest BCUT2D eigenvalue weighted by Gasteiger charge is -2.29. The second-order valence-electron chi connectivity index (χ2n) is 4.12. The van der Waals surface area contributed by atoms with Crippen molar-refractivity contribution in [2.75, 3.05) is 14.2 Å². The van der Waals surface area contributed by atoms with Crippen molar-refractivity contribution in [3.63, 3.8) is 0 Å². The van der Waals surface area contributed by atoms with Crippen molar-refractivity contribution in [2.24, 2.45) is 5.92 Å². The van der Waals surface area contributed by atoms with Crippen molar-refractivity contribution < 1.29 is 19.4 Å². The van der Waals surface area contributed by atoms with Crippen LogP contribution in [0.2, 0.25) is 0 Å². The first-order chi connectivity index (χ1) is 7.93. The highest BCUT2D eigenvalue weighted by atomic mass is 16.5. The molecular weight excluding hydrogens is 220 g/mol. The molecule has 0 bridgehead atoms. The fourth-order valence-electron chi connectivity index (χ4n) is 1.58. The van der Waals surface area contributed by atoms with Crippen LogP contribution >= 0.6 is 0 Å². The van der Waals surface area contributed by atoms with Crippen molar-refractivity contribution in [1.82, 2.24) is 0 Å². The average Bonchev–Trinajstić information content (AvgIpc) is 2.36. The fourth-order valence-corrected chi connectivity index (χ4v) is 1.58. The third-order valence-corrected chi connectivity index (χ3v) is 3.07. The monoisotopic (exact) mass is 238 g/mol. The molecule has 0 fully saturated rings. The maximum Gasteiger partial charge on any atom is 0.311 e. The minimum atomic E-state index is -1.26. The Hall–Kier alpha value is -1.55. The van der Waals surface area contributed by atoms with E-state index >= 15 is 0 Å². The zero-order valence-electron chi connectivity index (χ0n) is 10.6. The molecule has 1 aromatic carbocycles. The van der Waals surface area contributed by atoms with E-state index < -0.39 is 17.5 Å². The molecule has 2 atom stereocenters. The molecule has 94 valence electrons. The molecule has 1 rings (SSSR count). The Morgan fingerprint density at radius 3 is 2.24 bits per heavy atom. The van der Waals surface area contributed by atoms with Crippen LogP contribution in [0, 0.1) is 5.92 Å². The predicted octanol–water partition coefficient (Wildman–Crippen LogP) is 1.71. The number of hydrogen-bond acceptors (Lipinski definition) is 4. The Kier molecular flexibility index (Phi) is 4.12. The quantitative estimate of drug-likeness (QED) is 0.811. The van der Waals surface area contributed by atoms with E-state index in [9.17, 15) is 9.90 Å². The Morgan fingerprint density at radius 2 is 1.82 bits per heavy atom. The van der Waals surface area contributed by atoms with Crippen molar-refractivity contribution >= 4 is 5.97 Å². The largest absolute Gasteiger partial charge is 0.497 e. The number of carbonyl (C=O) groups is 1. The van der Waals surface area contributed by atoms with Crippen LogP contribution in [0.25, 0.3) is 0 Å². The molecule has 0 aliphatic carbocycles. The predicted molar refractivity (Wildman–Crippen MR) is 63.7 cm³/mol. The minimum absolute atomic E-state index is 0.439. The van der Waals surface area contributed by atoms with Crippen LogP contribution < -0.4 is 4.74 Å². The number of rotatable bonds is 4. The summed E-state index contributed by atoms with van der Waals surface area (Å²) in [6.07, 6.45) is 0. The third kappa shape index (κ3) is 2.77. The van der Waals surface area contributed by atoms with E-state index in [1.54, 1.807) is 45.2 Å². The van der Waals surface area contributed by atoms with Gasteiger partial charge in [-0.1, -0.05) is 12.1 Å². The van der Waals surface area contributed by atoms with E-state index in [1.807, 2.05) is 0 Å². The summed E-state index contributed by atoms with van der Waals surface area (Å²) >= 11 is 0. The van der Waals surface area contributed by atoms with Gasteiger partial charge in [0.25, 0.3) is 0 Å². The van der Waals surface area contributed by atoms with E-state index in [-0.39, 0.29) is 0 Å². The highest BCUT2D eigenvalue weighted by Gasteiger charge is 2.36. The number of aliphatic hydroxyl groups is 1. The van der Waals surface area contributed by atoms with Gasteiger partial charge in [0.05, 0.1) is 25.7 Å². The summed E-state index contributed by atoms with van der Waals surface area (Å²) in [5.41, 5.74) is -0.615. The van der Waals surface area contributed by atoms with E-state index in [4.69, 9.17) is 4.74 Å². The van der Waals surface area contributed by atoms with Crippen molar-refractivity contribution in [3.8, 4) is 5.75 Å². The molecule has 0 spiro atoms. The van der Waals surface area contributed by atoms with Crippen LogP contribution in [-0.4, -0.2) is 25.3 Å². The molecule has 1 N–H and O–H groups in total. The van der Waals surface area contributed by atoms with Crippen LogP contribution in [0.15, 0.2) is 24.3 Å². The van der Waals surface area contributed by atoms with Crippen LogP contribution in [0.5, 0.6) is 5.75 Å². The topological polar surface area (TPSA) is 55.8 Å². The van der Waals surface area contributed by atoms with Crippen LogP contribution in [0.4, 0.5) is 0 Å². The molecule has 1 aromatic rings. The normalized spacial score (nSPS) is 15.8. The summed E-state index contributed by atoms with van der Waals surface area (Å²) < 4.78 is 9.68. The average molecular weight is 238 g/mol. The second kappa shape index (κ2) is 5.19. The van der Waals surface area contributed by atoms with Crippen molar-refractivity contribution in [2.45, 2.75) is 19.4 Å². The SMILES string of the molecule is COC(=O)[C@H](C)[C@](C)(O)c1ccc(OC)cc1. The Bertz CT molecular complexity index is 381. The van der Waals surface area contributed by atoms with Gasteiger partial charge in [-0.05, 0) is 31.5 Å². The van der Waals surface area contributed by atoms with E-state index in [2.05, 4.69) is 4.74 Å². The van der Waals surface area contributed by atoms with Gasteiger partial charge in [0.2, 0.25) is 0 Å². The summed E-state index contributed by atoms with van der Waals surface area (Å²) in [7, 11) is 2.88. The molecule has 0 unspecified atom stereocenters. The summed E-state index contributed by atoms with van der Waals surface area (Å²) in [5.74, 6) is -0.373. The molecule has 0 radical (unpaired) electrons. The van der Waals surface area contributed by atoms with Gasteiger partial charge in [-0.3, -0.25) is 4.79 Å². The Labute approximate surface area is 101 Å². The fraction of sp³-hybridized carbons (Fsp3) is 0.462. The maximum atomic E-state index is 11.4. The number of hydrogen-bond donors (Lipinski definition) is 1. The highest BCUT2D eigenvalue weighted by Crippen LogP contribution is 2.31. The number of esters is 1. The van der Waals surface area contributed by atoms with Gasteiger partial charge in [-0.25, -0.2) is 0 Å². The Morgan fingerprint density at radius 1 is 1.29 bits per heavy atom. The van der Waals surface area contributed by atoms with Gasteiger partial charge >= 0.3 is 5.97 Å². The van der Waals surface area contributed by atoms with Gasteiger partial charge in [-0.2, -0.15) is 0 Å². The van der Waals surface area contributed by atoms with E-state index in [0.29, 0.717) is 11.3 Å². The molecule has 4 nitrogen and oxygen atoms in total. The maximum absolute atomic E-state index is 11.4. The van der Waals surface area contributed by atoms with Gasteiger partial charge in [0.15, 0.2) is 0 Å². The van der Waals surface area contributed by atoms with Crippen LogP contribution in [0.1, 0.15) is 19.4 Å². The molecule has 0 amide bonds. The van der Waals surface area contributed by atoms with Crippen molar-refractivity contribution in [3.05, 3.63) is 29.8 Å². The zero-order chi connectivity index (χ0) is 13.1. The molecule has 0 saturated carbocycles. The molecule has 0 aromatic heterocycles. The second-order valence-corrected chi connectivity index (χ2v) is 4.12. The number of ether oxygens (including phenoxy) is 2. The van der Waals surface area contributed by atoms with Crippen LogP contribution in [-0.2, 0) is 15.1 Å². The van der Waals surface area contributed by atoms with Gasteiger partial charge in [0, 0.05) is 0 Å². The third-order valence-electron chi connectivity index (χ3n) is 3.07. The molecule has 0 aliphatic heterocycles. The van der Waals surface area contributed by atoms with Gasteiger partial charge in [0.1, 0.15) is 5.75 Å². The summed E-state index contributed by atoms with van der Waals surface area (Å²) in [6.45, 7) is 3.23. The lowest BCUT2D eigenvalue weighted by molar-refractivity contribution is -0.154. The zero-order valence-corrected chi connectivity index (χ0v) is 10.6. The van der Waals surface area contributed by atoms with Crippen molar-refractivity contribution in [1.29, 1.82) is 0 Å². The smallest absolute Gasteiger partial charge is 0.311 e. The first-order valence-corrected chi connectivity index (χ1v) is 5.38. The first-order valence-electron chi connectivity index (χ1n) is 5.38. The lowest BCUT2D eigenvalue weighted by atomic mass is 9.84.